The molecule has 0 aromatic heterocycles. The molecule has 0 bridgehead atoms. The summed E-state index contributed by atoms with van der Waals surface area (Å²) < 4.78 is 9.18. The lowest BCUT2D eigenvalue weighted by atomic mass is 10.2. The molecule has 16 heavy (non-hydrogen) atoms. The van der Waals surface area contributed by atoms with Gasteiger partial charge in [0.1, 0.15) is 12.3 Å². The van der Waals surface area contributed by atoms with Gasteiger partial charge in [-0.2, -0.15) is 5.32 Å². The van der Waals surface area contributed by atoms with Gasteiger partial charge in [-0.15, -0.1) is 0 Å². The van der Waals surface area contributed by atoms with Crippen LogP contribution in [0.4, 0.5) is 10.5 Å². The molecule has 0 spiro atoms. The summed E-state index contributed by atoms with van der Waals surface area (Å²) in [5.74, 6) is 0. The maximum Gasteiger partial charge on any atom is 0.507 e. The van der Waals surface area contributed by atoms with Crippen LogP contribution in [0.3, 0.4) is 0 Å². The van der Waals surface area contributed by atoms with E-state index in [-0.39, 0.29) is 0 Å². The molecule has 5 heteroatoms. The number of ether oxygens (including phenoxy) is 2. The van der Waals surface area contributed by atoms with E-state index in [4.69, 9.17) is 0 Å². The summed E-state index contributed by atoms with van der Waals surface area (Å²) in [4.78, 5) is 9.74. The van der Waals surface area contributed by atoms with Gasteiger partial charge >= 0.3 is 6.16 Å². The third kappa shape index (κ3) is 3.53. The van der Waals surface area contributed by atoms with E-state index in [1.54, 1.807) is 0 Å². The van der Waals surface area contributed by atoms with Crippen molar-refractivity contribution in [1.29, 1.82) is 0 Å². The first kappa shape index (κ1) is 12.5. The maximum atomic E-state index is 9.74. The van der Waals surface area contributed by atoms with Crippen LogP contribution >= 0.6 is 15.9 Å². The highest BCUT2D eigenvalue weighted by molar-refractivity contribution is 9.10. The first-order valence-electron chi connectivity index (χ1n) is 4.43. The molecule has 0 saturated heterocycles. The molecule has 0 atom stereocenters. The quantitative estimate of drug-likeness (QED) is 0.588. The first-order valence-corrected chi connectivity index (χ1v) is 5.23. The third-order valence-corrected chi connectivity index (χ3v) is 2.27. The van der Waals surface area contributed by atoms with Gasteiger partial charge in [-0.1, -0.05) is 0 Å². The number of carbonyl (C=O) groups is 1. The SMILES string of the molecule is Brc1ccc2c(c1)C=[C+]N2.COC(=O)OC. The van der Waals surface area contributed by atoms with Crippen molar-refractivity contribution >= 4 is 33.8 Å². The Balaban J connectivity index is 0.000000187. The number of benzene rings is 1. The fraction of sp³-hybridized carbons (Fsp3) is 0.182. The molecule has 1 N–H and O–H groups in total. The van der Waals surface area contributed by atoms with Gasteiger partial charge in [-0.3, -0.25) is 0 Å². The average Bonchev–Trinajstić information content (AvgIpc) is 2.75. The summed E-state index contributed by atoms with van der Waals surface area (Å²) in [7, 11) is 2.51. The second-order valence-corrected chi connectivity index (χ2v) is 3.72. The van der Waals surface area contributed by atoms with Crippen LogP contribution in [0.25, 0.3) is 6.08 Å². The van der Waals surface area contributed by atoms with Crippen LogP contribution in [0.5, 0.6) is 0 Å². The van der Waals surface area contributed by atoms with E-state index in [0.717, 1.165) is 10.2 Å². The number of anilines is 1. The van der Waals surface area contributed by atoms with Crippen molar-refractivity contribution in [2.24, 2.45) is 0 Å². The van der Waals surface area contributed by atoms with E-state index < -0.39 is 6.16 Å². The highest BCUT2D eigenvalue weighted by Gasteiger charge is 2.14. The molecule has 1 aromatic rings. The average molecular weight is 285 g/mol. The standard InChI is InChI=1S/C8H5BrN.C3H6O3/c9-7-1-2-8-6(5-7)3-4-10-8;1-5-3(4)6-2/h1-3,5,10H;1-2H3/q+1;. The molecule has 1 aliphatic rings. The van der Waals surface area contributed by atoms with Crippen molar-refractivity contribution in [3.8, 4) is 0 Å². The van der Waals surface area contributed by atoms with Gasteiger partial charge < -0.3 is 9.47 Å². The van der Waals surface area contributed by atoms with E-state index in [0.29, 0.717) is 0 Å². The summed E-state index contributed by atoms with van der Waals surface area (Å²) in [6, 6.07) is 6.09. The molecule has 2 rings (SSSR count). The molecule has 1 aromatic carbocycles. The Bertz CT molecular complexity index is 398. The van der Waals surface area contributed by atoms with Crippen LogP contribution in [-0.2, 0) is 9.47 Å². The van der Waals surface area contributed by atoms with Crippen LogP contribution in [0, 0.1) is 6.20 Å². The number of hydrogen-bond donors (Lipinski definition) is 1. The lowest BCUT2D eigenvalue weighted by molar-refractivity contribution is 0.0924. The summed E-state index contributed by atoms with van der Waals surface area (Å²) in [5, 5.41) is 3.00. The Morgan fingerprint density at radius 1 is 1.38 bits per heavy atom. The van der Waals surface area contributed by atoms with Crippen molar-refractivity contribution in [2.45, 2.75) is 0 Å². The minimum Gasteiger partial charge on any atom is -0.438 e. The summed E-state index contributed by atoms with van der Waals surface area (Å²) in [5.41, 5.74) is 2.32. The van der Waals surface area contributed by atoms with Gasteiger partial charge in [0.15, 0.2) is 11.3 Å². The van der Waals surface area contributed by atoms with Gasteiger partial charge in [-0.25, -0.2) is 4.79 Å². The largest absolute Gasteiger partial charge is 0.507 e. The number of hydrogen-bond acceptors (Lipinski definition) is 4. The smallest absolute Gasteiger partial charge is 0.438 e. The molecule has 4 nitrogen and oxygen atoms in total. The Morgan fingerprint density at radius 2 is 2.06 bits per heavy atom. The third-order valence-electron chi connectivity index (χ3n) is 1.78. The number of nitrogens with one attached hydrogen (secondary N) is 1. The lowest BCUT2D eigenvalue weighted by Crippen LogP contribution is -1.97. The van der Waals surface area contributed by atoms with Crippen LogP contribution in [-0.4, -0.2) is 20.4 Å². The van der Waals surface area contributed by atoms with Gasteiger partial charge in [0.25, 0.3) is 0 Å². The highest BCUT2D eigenvalue weighted by Crippen LogP contribution is 2.25. The molecule has 0 radical (unpaired) electrons. The predicted octanol–water partition coefficient (Wildman–Crippen LogP) is 3.05. The monoisotopic (exact) mass is 284 g/mol. The Hall–Kier alpha value is -1.58. The van der Waals surface area contributed by atoms with Gasteiger partial charge in [-0.05, 0) is 22.0 Å². The fourth-order valence-corrected chi connectivity index (χ4v) is 1.42. The molecule has 0 fully saturated rings. The van der Waals surface area contributed by atoms with Crippen molar-refractivity contribution < 1.29 is 14.3 Å². The predicted molar refractivity (Wildman–Crippen MR) is 64.9 cm³/mol. The van der Waals surface area contributed by atoms with Crippen molar-refractivity contribution in [3.05, 3.63) is 34.4 Å². The minimum absolute atomic E-state index is 0.657. The highest BCUT2D eigenvalue weighted by atomic mass is 79.9. The zero-order chi connectivity index (χ0) is 12.0. The molecule has 0 saturated carbocycles. The molecule has 0 amide bonds. The minimum atomic E-state index is -0.657. The number of halogens is 1. The molecule has 1 aliphatic heterocycles. The maximum absolute atomic E-state index is 9.74. The summed E-state index contributed by atoms with van der Waals surface area (Å²) in [6.45, 7) is 0. The van der Waals surface area contributed by atoms with Gasteiger partial charge in [0, 0.05) is 16.6 Å². The van der Waals surface area contributed by atoms with E-state index in [2.05, 4.69) is 43.0 Å². The van der Waals surface area contributed by atoms with Crippen LogP contribution in [0.2, 0.25) is 0 Å². The summed E-state index contributed by atoms with van der Waals surface area (Å²) in [6.07, 6.45) is 4.19. The molecule has 1 heterocycles. The molecule has 0 aliphatic carbocycles. The zero-order valence-corrected chi connectivity index (χ0v) is 10.5. The second-order valence-electron chi connectivity index (χ2n) is 2.80. The van der Waals surface area contributed by atoms with Crippen molar-refractivity contribution in [2.75, 3.05) is 19.5 Å². The first-order chi connectivity index (χ1) is 7.67. The molecule has 84 valence electrons. The molecular weight excluding hydrogens is 274 g/mol. The van der Waals surface area contributed by atoms with Gasteiger partial charge in [0.2, 0.25) is 0 Å². The Morgan fingerprint density at radius 3 is 2.62 bits per heavy atom. The Kier molecular flexibility index (Phi) is 4.76. The summed E-state index contributed by atoms with van der Waals surface area (Å²) >= 11 is 3.39. The normalized spacial score (nSPS) is 10.2. The van der Waals surface area contributed by atoms with Crippen molar-refractivity contribution in [3.63, 3.8) is 0 Å². The second kappa shape index (κ2) is 6.10. The number of methoxy groups -OCH3 is 2. The van der Waals surface area contributed by atoms with Crippen LogP contribution in [0.15, 0.2) is 22.7 Å². The topological polar surface area (TPSA) is 47.6 Å². The fourth-order valence-electron chi connectivity index (χ4n) is 1.04. The lowest BCUT2D eigenvalue weighted by Gasteiger charge is -1.89. The van der Waals surface area contributed by atoms with Crippen LogP contribution < -0.4 is 5.32 Å². The van der Waals surface area contributed by atoms with Crippen LogP contribution in [0.1, 0.15) is 5.56 Å². The molecule has 0 unspecified atom stereocenters. The van der Waals surface area contributed by atoms with Gasteiger partial charge in [0.05, 0.1) is 14.2 Å². The van der Waals surface area contributed by atoms with E-state index in [1.807, 2.05) is 18.2 Å². The number of carbonyl (C=O) groups excluding carboxylic acids is 1. The molecular formula is C11H11BrNO3+. The number of rotatable bonds is 0. The van der Waals surface area contributed by atoms with E-state index in [1.165, 1.54) is 19.8 Å². The number of fused-ring (bicyclic) bond motifs is 1. The van der Waals surface area contributed by atoms with Crippen molar-refractivity contribution in [1.82, 2.24) is 0 Å². The van der Waals surface area contributed by atoms with E-state index in [9.17, 15) is 4.79 Å². The Labute approximate surface area is 102 Å². The zero-order valence-electron chi connectivity index (χ0n) is 8.91. The van der Waals surface area contributed by atoms with E-state index >= 15 is 0 Å².